The van der Waals surface area contributed by atoms with Crippen molar-refractivity contribution in [3.63, 3.8) is 0 Å². The van der Waals surface area contributed by atoms with Crippen LogP contribution in [0.3, 0.4) is 0 Å². The first-order valence-electron chi connectivity index (χ1n) is 6.94. The van der Waals surface area contributed by atoms with Gasteiger partial charge in [0.15, 0.2) is 0 Å². The molecule has 0 saturated heterocycles. The summed E-state index contributed by atoms with van der Waals surface area (Å²) in [6.45, 7) is 2.34. The molecule has 0 aliphatic carbocycles. The van der Waals surface area contributed by atoms with Gasteiger partial charge in [-0.25, -0.2) is 13.8 Å². The number of carbonyl (C=O) groups is 1. The molecule has 0 saturated carbocycles. The van der Waals surface area contributed by atoms with Crippen LogP contribution in [0.25, 0.3) is 6.08 Å². The molecule has 1 aliphatic heterocycles. The summed E-state index contributed by atoms with van der Waals surface area (Å²) in [5, 5.41) is 2.77. The van der Waals surface area contributed by atoms with Gasteiger partial charge < -0.3 is 4.90 Å². The third-order valence-corrected chi connectivity index (χ3v) is 4.33. The average Bonchev–Trinajstić information content (AvgIpc) is 2.90. The quantitative estimate of drug-likeness (QED) is 0.790. The number of benzene rings is 1. The van der Waals surface area contributed by atoms with Crippen molar-refractivity contribution in [3.05, 3.63) is 51.5 Å². The zero-order valence-electron chi connectivity index (χ0n) is 12.0. The summed E-state index contributed by atoms with van der Waals surface area (Å²) in [6.07, 6.45) is 4.19. The maximum Gasteiger partial charge on any atom is 0.251 e. The SMILES string of the molecule is Cc1nc(/C=C\C(=O)N2CCCc3c(F)cc(F)cc32)cs1. The molecule has 2 heterocycles. The van der Waals surface area contributed by atoms with Crippen LogP contribution in [-0.2, 0) is 11.2 Å². The maximum atomic E-state index is 13.8. The summed E-state index contributed by atoms with van der Waals surface area (Å²) in [5.74, 6) is -1.56. The molecule has 3 nitrogen and oxygen atoms in total. The largest absolute Gasteiger partial charge is 0.308 e. The van der Waals surface area contributed by atoms with E-state index in [1.807, 2.05) is 12.3 Å². The van der Waals surface area contributed by atoms with Gasteiger partial charge in [-0.3, -0.25) is 4.79 Å². The molecule has 1 aliphatic rings. The van der Waals surface area contributed by atoms with Gasteiger partial charge in [-0.05, 0) is 31.9 Å². The molecule has 0 radical (unpaired) electrons. The van der Waals surface area contributed by atoms with E-state index in [1.165, 1.54) is 28.4 Å². The van der Waals surface area contributed by atoms with Crippen molar-refractivity contribution < 1.29 is 13.6 Å². The van der Waals surface area contributed by atoms with Gasteiger partial charge in [0.05, 0.1) is 16.4 Å². The van der Waals surface area contributed by atoms with E-state index in [2.05, 4.69) is 4.98 Å². The standard InChI is InChI=1S/C16H14F2N2OS/c1-10-19-12(9-22-10)4-5-16(21)20-6-2-3-13-14(18)7-11(17)8-15(13)20/h4-5,7-9H,2-3,6H2,1H3/b5-4-. The van der Waals surface area contributed by atoms with Crippen LogP contribution in [-0.4, -0.2) is 17.4 Å². The van der Waals surface area contributed by atoms with Crippen LogP contribution in [0.5, 0.6) is 0 Å². The van der Waals surface area contributed by atoms with Gasteiger partial charge in [-0.1, -0.05) is 0 Å². The van der Waals surface area contributed by atoms with Crippen LogP contribution in [0.2, 0.25) is 0 Å². The van der Waals surface area contributed by atoms with E-state index in [9.17, 15) is 13.6 Å². The smallest absolute Gasteiger partial charge is 0.251 e. The van der Waals surface area contributed by atoms with E-state index in [-0.39, 0.29) is 5.91 Å². The summed E-state index contributed by atoms with van der Waals surface area (Å²) >= 11 is 1.50. The molecule has 6 heteroatoms. The lowest BCUT2D eigenvalue weighted by Gasteiger charge is -2.28. The number of anilines is 1. The normalized spacial score (nSPS) is 14.4. The number of amides is 1. The van der Waals surface area contributed by atoms with Crippen molar-refractivity contribution in [1.29, 1.82) is 0 Å². The Morgan fingerprint density at radius 3 is 2.95 bits per heavy atom. The molecule has 2 aromatic rings. The maximum absolute atomic E-state index is 13.8. The van der Waals surface area contributed by atoms with Crippen LogP contribution in [0.1, 0.15) is 22.7 Å². The molecular formula is C16H14F2N2OS. The summed E-state index contributed by atoms with van der Waals surface area (Å²) in [4.78, 5) is 18.0. The van der Waals surface area contributed by atoms with E-state index in [0.29, 0.717) is 36.3 Å². The second-order valence-corrected chi connectivity index (χ2v) is 6.17. The number of hydrogen-bond donors (Lipinski definition) is 0. The number of nitrogens with zero attached hydrogens (tertiary/aromatic N) is 2. The highest BCUT2D eigenvalue weighted by Gasteiger charge is 2.24. The third kappa shape index (κ3) is 2.92. The molecule has 1 amide bonds. The van der Waals surface area contributed by atoms with Crippen molar-refractivity contribution in [3.8, 4) is 0 Å². The molecule has 0 N–H and O–H groups in total. The molecule has 3 rings (SSSR count). The number of thiazole rings is 1. The fraction of sp³-hybridized carbons (Fsp3) is 0.250. The Hall–Kier alpha value is -2.08. The minimum Gasteiger partial charge on any atom is -0.308 e. The number of hydrogen-bond acceptors (Lipinski definition) is 3. The number of aromatic nitrogens is 1. The molecule has 0 unspecified atom stereocenters. The lowest BCUT2D eigenvalue weighted by molar-refractivity contribution is -0.114. The van der Waals surface area contributed by atoms with Gasteiger partial charge in [0, 0.05) is 29.6 Å². The summed E-state index contributed by atoms with van der Waals surface area (Å²) in [6, 6.07) is 2.08. The molecule has 1 aromatic heterocycles. The zero-order chi connectivity index (χ0) is 15.7. The number of carbonyl (C=O) groups excluding carboxylic acids is 1. The molecule has 22 heavy (non-hydrogen) atoms. The Bertz CT molecular complexity index is 755. The molecule has 0 fully saturated rings. The second-order valence-electron chi connectivity index (χ2n) is 5.10. The average molecular weight is 320 g/mol. The van der Waals surface area contributed by atoms with Crippen LogP contribution < -0.4 is 4.90 Å². The molecule has 114 valence electrons. The van der Waals surface area contributed by atoms with E-state index in [1.54, 1.807) is 6.08 Å². The fourth-order valence-corrected chi connectivity index (χ4v) is 3.13. The molecule has 0 bridgehead atoms. The number of halogens is 2. The molecular weight excluding hydrogens is 306 g/mol. The zero-order valence-corrected chi connectivity index (χ0v) is 12.8. The monoisotopic (exact) mass is 320 g/mol. The summed E-state index contributed by atoms with van der Waals surface area (Å²) < 4.78 is 27.3. The lowest BCUT2D eigenvalue weighted by atomic mass is 10.0. The number of fused-ring (bicyclic) bond motifs is 1. The predicted octanol–water partition coefficient (Wildman–Crippen LogP) is 3.72. The minimum absolute atomic E-state index is 0.295. The number of rotatable bonds is 2. The highest BCUT2D eigenvalue weighted by molar-refractivity contribution is 7.09. The van der Waals surface area contributed by atoms with E-state index in [4.69, 9.17) is 0 Å². The fourth-order valence-electron chi connectivity index (χ4n) is 2.54. The molecule has 0 atom stereocenters. The topological polar surface area (TPSA) is 33.2 Å². The van der Waals surface area contributed by atoms with E-state index < -0.39 is 11.6 Å². The third-order valence-electron chi connectivity index (χ3n) is 3.54. The van der Waals surface area contributed by atoms with Gasteiger partial charge in [-0.15, -0.1) is 11.3 Å². The number of aryl methyl sites for hydroxylation is 1. The summed E-state index contributed by atoms with van der Waals surface area (Å²) in [7, 11) is 0. The van der Waals surface area contributed by atoms with Gasteiger partial charge in [0.25, 0.3) is 5.91 Å². The predicted molar refractivity (Wildman–Crippen MR) is 82.9 cm³/mol. The highest BCUT2D eigenvalue weighted by Crippen LogP contribution is 2.30. The van der Waals surface area contributed by atoms with Crippen molar-refractivity contribution in [2.45, 2.75) is 19.8 Å². The summed E-state index contributed by atoms with van der Waals surface area (Å²) in [5.41, 5.74) is 1.44. The second kappa shape index (κ2) is 5.96. The molecule has 1 aromatic carbocycles. The minimum atomic E-state index is -0.671. The van der Waals surface area contributed by atoms with Crippen molar-refractivity contribution >= 4 is 29.0 Å². The highest BCUT2D eigenvalue weighted by atomic mass is 32.1. The van der Waals surface area contributed by atoms with Gasteiger partial charge >= 0.3 is 0 Å². The van der Waals surface area contributed by atoms with Gasteiger partial charge in [-0.2, -0.15) is 0 Å². The Kier molecular flexibility index (Phi) is 4.02. The Balaban J connectivity index is 1.87. The van der Waals surface area contributed by atoms with Crippen LogP contribution in [0, 0.1) is 18.6 Å². The van der Waals surface area contributed by atoms with Crippen LogP contribution in [0.4, 0.5) is 14.5 Å². The van der Waals surface area contributed by atoms with Gasteiger partial charge in [0.2, 0.25) is 0 Å². The van der Waals surface area contributed by atoms with Crippen LogP contribution in [0.15, 0.2) is 23.6 Å². The first-order valence-corrected chi connectivity index (χ1v) is 7.82. The Morgan fingerprint density at radius 2 is 2.23 bits per heavy atom. The molecule has 0 spiro atoms. The first-order chi connectivity index (χ1) is 10.5. The Labute approximate surface area is 130 Å². The first kappa shape index (κ1) is 14.8. The van der Waals surface area contributed by atoms with Crippen molar-refractivity contribution in [1.82, 2.24) is 4.98 Å². The van der Waals surface area contributed by atoms with Crippen LogP contribution >= 0.6 is 11.3 Å². The Morgan fingerprint density at radius 1 is 1.41 bits per heavy atom. The lowest BCUT2D eigenvalue weighted by Crippen LogP contribution is -2.34. The van der Waals surface area contributed by atoms with Crippen molar-refractivity contribution in [2.24, 2.45) is 0 Å². The van der Waals surface area contributed by atoms with E-state index >= 15 is 0 Å². The van der Waals surface area contributed by atoms with Gasteiger partial charge in [0.1, 0.15) is 11.6 Å². The van der Waals surface area contributed by atoms with Crippen molar-refractivity contribution in [2.75, 3.05) is 11.4 Å². The van der Waals surface area contributed by atoms with E-state index in [0.717, 1.165) is 11.1 Å².